The Hall–Kier alpha value is -1.37. The van der Waals surface area contributed by atoms with Crippen LogP contribution in [-0.4, -0.2) is 19.0 Å². The van der Waals surface area contributed by atoms with Crippen molar-refractivity contribution < 1.29 is 4.43 Å². The standard InChI is InChI=1S/C17H23N3OSSi/c1-17(2,3)14(21-23(4)5)11-6-7-13-12(10-11)20-15-16(22-13)19-9-8-18-15/h6-10,14,23H,1-5H3,(H,18,20). The van der Waals surface area contributed by atoms with E-state index >= 15 is 0 Å². The van der Waals surface area contributed by atoms with Crippen molar-refractivity contribution in [3.05, 3.63) is 36.2 Å². The highest BCUT2D eigenvalue weighted by molar-refractivity contribution is 7.99. The van der Waals surface area contributed by atoms with E-state index in [1.165, 1.54) is 10.5 Å². The highest BCUT2D eigenvalue weighted by Gasteiger charge is 2.29. The molecular formula is C17H23N3OSSi. The minimum Gasteiger partial charge on any atom is -0.413 e. The maximum absolute atomic E-state index is 6.34. The first-order valence-corrected chi connectivity index (χ1v) is 11.5. The summed E-state index contributed by atoms with van der Waals surface area (Å²) in [5, 5.41) is 4.32. The SMILES string of the molecule is C[SiH](C)OC(c1ccc2c(c1)Nc1nccnc1S2)C(C)(C)C. The molecule has 2 aromatic rings. The molecule has 1 aliphatic heterocycles. The van der Waals surface area contributed by atoms with Gasteiger partial charge in [-0.1, -0.05) is 38.6 Å². The third-order valence-electron chi connectivity index (χ3n) is 3.63. The summed E-state index contributed by atoms with van der Waals surface area (Å²) >= 11 is 1.66. The molecule has 0 amide bonds. The van der Waals surface area contributed by atoms with Gasteiger partial charge in [-0.25, -0.2) is 9.97 Å². The van der Waals surface area contributed by atoms with Gasteiger partial charge in [-0.3, -0.25) is 0 Å². The lowest BCUT2D eigenvalue weighted by molar-refractivity contribution is 0.0866. The molecule has 122 valence electrons. The van der Waals surface area contributed by atoms with Crippen molar-refractivity contribution in [2.45, 2.75) is 49.9 Å². The van der Waals surface area contributed by atoms with Crippen molar-refractivity contribution >= 4 is 32.3 Å². The number of fused-ring (bicyclic) bond motifs is 2. The van der Waals surface area contributed by atoms with Crippen LogP contribution < -0.4 is 5.32 Å². The first-order chi connectivity index (χ1) is 10.8. The first-order valence-electron chi connectivity index (χ1n) is 7.90. The van der Waals surface area contributed by atoms with E-state index in [1.54, 1.807) is 24.2 Å². The molecular weight excluding hydrogens is 322 g/mol. The summed E-state index contributed by atoms with van der Waals surface area (Å²) in [6.07, 6.45) is 3.55. The fourth-order valence-electron chi connectivity index (χ4n) is 2.67. The molecule has 3 rings (SSSR count). The molecule has 0 spiro atoms. The molecule has 1 N–H and O–H groups in total. The summed E-state index contributed by atoms with van der Waals surface area (Å²) in [6, 6.07) is 6.54. The van der Waals surface area contributed by atoms with Gasteiger partial charge in [-0.15, -0.1) is 0 Å². The van der Waals surface area contributed by atoms with Crippen LogP contribution in [-0.2, 0) is 4.43 Å². The van der Waals surface area contributed by atoms with Crippen molar-refractivity contribution in [3.63, 3.8) is 0 Å². The lowest BCUT2D eigenvalue weighted by Crippen LogP contribution is -2.26. The van der Waals surface area contributed by atoms with Crippen LogP contribution in [0.15, 0.2) is 40.5 Å². The Morgan fingerprint density at radius 3 is 2.61 bits per heavy atom. The summed E-state index contributed by atoms with van der Waals surface area (Å²) in [6.45, 7) is 11.1. The maximum atomic E-state index is 6.34. The minimum absolute atomic E-state index is 0.0605. The molecule has 2 heterocycles. The van der Waals surface area contributed by atoms with Crippen LogP contribution in [0.2, 0.25) is 13.1 Å². The lowest BCUT2D eigenvalue weighted by atomic mass is 9.85. The summed E-state index contributed by atoms with van der Waals surface area (Å²) in [5.74, 6) is 0.827. The summed E-state index contributed by atoms with van der Waals surface area (Å²) in [7, 11) is -1.13. The molecule has 0 saturated heterocycles. The molecule has 6 heteroatoms. The number of hydrogen-bond acceptors (Lipinski definition) is 5. The van der Waals surface area contributed by atoms with Crippen LogP contribution in [0.25, 0.3) is 0 Å². The van der Waals surface area contributed by atoms with Gasteiger partial charge in [0.15, 0.2) is 14.9 Å². The van der Waals surface area contributed by atoms with E-state index in [9.17, 15) is 0 Å². The largest absolute Gasteiger partial charge is 0.413 e. The number of nitrogens with zero attached hydrogens (tertiary/aromatic N) is 2. The van der Waals surface area contributed by atoms with Crippen molar-refractivity contribution in [1.82, 2.24) is 9.97 Å². The second-order valence-corrected chi connectivity index (χ2v) is 10.5. The Kier molecular flexibility index (Phi) is 4.49. The van der Waals surface area contributed by atoms with Gasteiger partial charge in [-0.2, -0.15) is 0 Å². The highest BCUT2D eigenvalue weighted by Crippen LogP contribution is 2.45. The van der Waals surface area contributed by atoms with Crippen molar-refractivity contribution in [2.24, 2.45) is 5.41 Å². The fraction of sp³-hybridized carbons (Fsp3) is 0.412. The van der Waals surface area contributed by atoms with E-state index in [2.05, 4.69) is 67.3 Å². The molecule has 1 aromatic carbocycles. The fourth-order valence-corrected chi connectivity index (χ4v) is 4.66. The van der Waals surface area contributed by atoms with E-state index in [4.69, 9.17) is 4.43 Å². The van der Waals surface area contributed by atoms with Crippen LogP contribution in [0.5, 0.6) is 0 Å². The molecule has 0 saturated carbocycles. The third-order valence-corrected chi connectivity index (χ3v) is 5.51. The molecule has 0 bridgehead atoms. The average molecular weight is 346 g/mol. The van der Waals surface area contributed by atoms with Gasteiger partial charge in [0.05, 0.1) is 11.8 Å². The third kappa shape index (κ3) is 3.59. The number of rotatable bonds is 3. The van der Waals surface area contributed by atoms with E-state index in [0.29, 0.717) is 0 Å². The number of hydrogen-bond donors (Lipinski definition) is 1. The van der Waals surface area contributed by atoms with Gasteiger partial charge < -0.3 is 9.74 Å². The van der Waals surface area contributed by atoms with Gasteiger partial charge in [-0.05, 0) is 36.2 Å². The average Bonchev–Trinajstić information content (AvgIpc) is 2.49. The Labute approximate surface area is 143 Å². The predicted molar refractivity (Wildman–Crippen MR) is 98.0 cm³/mol. The molecule has 0 radical (unpaired) electrons. The van der Waals surface area contributed by atoms with Crippen LogP contribution in [0.1, 0.15) is 32.4 Å². The van der Waals surface area contributed by atoms with Crippen LogP contribution in [0.4, 0.5) is 11.5 Å². The Balaban J connectivity index is 1.95. The normalized spacial score (nSPS) is 14.9. The topological polar surface area (TPSA) is 47.0 Å². The van der Waals surface area contributed by atoms with E-state index < -0.39 is 9.04 Å². The molecule has 1 unspecified atom stereocenters. The number of nitrogens with one attached hydrogen (secondary N) is 1. The first kappa shape index (κ1) is 16.5. The second kappa shape index (κ2) is 6.26. The van der Waals surface area contributed by atoms with E-state index in [0.717, 1.165) is 16.5 Å². The van der Waals surface area contributed by atoms with Gasteiger partial charge in [0.25, 0.3) is 0 Å². The monoisotopic (exact) mass is 345 g/mol. The summed E-state index contributed by atoms with van der Waals surface area (Å²) in [4.78, 5) is 9.92. The molecule has 0 fully saturated rings. The van der Waals surface area contributed by atoms with Gasteiger partial charge in [0, 0.05) is 17.3 Å². The molecule has 23 heavy (non-hydrogen) atoms. The van der Waals surface area contributed by atoms with E-state index in [-0.39, 0.29) is 11.5 Å². The summed E-state index contributed by atoms with van der Waals surface area (Å²) in [5.41, 5.74) is 2.37. The Morgan fingerprint density at radius 2 is 1.91 bits per heavy atom. The van der Waals surface area contributed by atoms with Crippen molar-refractivity contribution in [1.29, 1.82) is 0 Å². The summed E-state index contributed by atoms with van der Waals surface area (Å²) < 4.78 is 6.34. The molecule has 1 atom stereocenters. The number of benzene rings is 1. The second-order valence-electron chi connectivity index (χ2n) is 7.12. The Bertz CT molecular complexity index is 715. The zero-order valence-electron chi connectivity index (χ0n) is 14.3. The van der Waals surface area contributed by atoms with Gasteiger partial charge in [0.1, 0.15) is 5.03 Å². The molecule has 0 aliphatic carbocycles. The van der Waals surface area contributed by atoms with Crippen LogP contribution >= 0.6 is 11.8 Å². The molecule has 1 aromatic heterocycles. The minimum atomic E-state index is -1.13. The van der Waals surface area contributed by atoms with Crippen LogP contribution in [0.3, 0.4) is 0 Å². The van der Waals surface area contributed by atoms with Gasteiger partial charge >= 0.3 is 0 Å². The van der Waals surface area contributed by atoms with Crippen molar-refractivity contribution in [2.75, 3.05) is 5.32 Å². The number of aromatic nitrogens is 2. The highest BCUT2D eigenvalue weighted by atomic mass is 32.2. The van der Waals surface area contributed by atoms with Crippen LogP contribution in [0, 0.1) is 5.41 Å². The zero-order chi connectivity index (χ0) is 16.6. The van der Waals surface area contributed by atoms with E-state index in [1.807, 2.05) is 0 Å². The molecule has 1 aliphatic rings. The zero-order valence-corrected chi connectivity index (χ0v) is 16.2. The maximum Gasteiger partial charge on any atom is 0.171 e. The van der Waals surface area contributed by atoms with Crippen molar-refractivity contribution in [3.8, 4) is 0 Å². The predicted octanol–water partition coefficient (Wildman–Crippen LogP) is 4.77. The van der Waals surface area contributed by atoms with Gasteiger partial charge in [0.2, 0.25) is 0 Å². The number of anilines is 2. The Morgan fingerprint density at radius 1 is 1.17 bits per heavy atom. The quantitative estimate of drug-likeness (QED) is 0.693. The lowest BCUT2D eigenvalue weighted by Gasteiger charge is -2.33. The smallest absolute Gasteiger partial charge is 0.171 e. The molecule has 4 nitrogen and oxygen atoms in total.